The van der Waals surface area contributed by atoms with Crippen LogP contribution < -0.4 is 5.11 Å². The monoisotopic (exact) mass is 172 g/mol. The summed E-state index contributed by atoms with van der Waals surface area (Å²) in [4.78, 5) is 4.07. The van der Waals surface area contributed by atoms with Gasteiger partial charge in [0.15, 0.2) is 0 Å². The molecule has 0 aliphatic carbocycles. The Kier molecular flexibility index (Phi) is 1.69. The van der Waals surface area contributed by atoms with Gasteiger partial charge < -0.3 is 5.11 Å². The molecule has 13 heavy (non-hydrogen) atoms. The van der Waals surface area contributed by atoms with E-state index in [1.165, 1.54) is 0 Å². The van der Waals surface area contributed by atoms with Crippen LogP contribution in [0.4, 0.5) is 0 Å². The molecule has 1 aromatic carbocycles. The van der Waals surface area contributed by atoms with Gasteiger partial charge in [-0.15, -0.1) is 0 Å². The maximum absolute atomic E-state index is 11.5. The second-order valence-corrected chi connectivity index (χ2v) is 3.29. The summed E-state index contributed by atoms with van der Waals surface area (Å²) in [7, 11) is 0. The van der Waals surface area contributed by atoms with Crippen LogP contribution in [-0.2, 0) is 0 Å². The van der Waals surface area contributed by atoms with E-state index >= 15 is 0 Å². The first kappa shape index (κ1) is 8.05. The summed E-state index contributed by atoms with van der Waals surface area (Å²) in [5.74, 6) is 0.0127. The molecule has 2 aromatic rings. The normalized spacial score (nSPS) is 10.6. The topological polar surface area (TPSA) is 36.0 Å². The minimum atomic E-state index is 0.0127. The Balaban J connectivity index is 2.94. The summed E-state index contributed by atoms with van der Waals surface area (Å²) in [6.07, 6.45) is 1.67. The third-order valence-electron chi connectivity index (χ3n) is 2.17. The molecule has 0 bridgehead atoms. The van der Waals surface area contributed by atoms with Crippen molar-refractivity contribution in [3.63, 3.8) is 0 Å². The lowest BCUT2D eigenvalue weighted by molar-refractivity contribution is -0.266. The molecule has 66 valence electrons. The summed E-state index contributed by atoms with van der Waals surface area (Å²) < 4.78 is 0. The van der Waals surface area contributed by atoms with Gasteiger partial charge in [-0.1, -0.05) is 17.4 Å². The average Bonchev–Trinajstić information content (AvgIpc) is 2.07. The number of rotatable bonds is 0. The zero-order valence-corrected chi connectivity index (χ0v) is 7.66. The molecule has 1 heterocycles. The standard InChI is InChI=1S/C11H11NO/c1-7-5-9-8(2)3-4-12-11(9)10(13)6-7/h3-6,13H,1-2H3/p-1. The summed E-state index contributed by atoms with van der Waals surface area (Å²) >= 11 is 0. The lowest BCUT2D eigenvalue weighted by Crippen LogP contribution is -1.94. The second kappa shape index (κ2) is 2.73. The highest BCUT2D eigenvalue weighted by atomic mass is 16.3. The zero-order chi connectivity index (χ0) is 9.42. The molecule has 2 nitrogen and oxygen atoms in total. The first-order valence-electron chi connectivity index (χ1n) is 4.21. The molecule has 0 saturated heterocycles. The molecule has 0 unspecified atom stereocenters. The molecule has 0 aliphatic rings. The molecule has 0 spiro atoms. The summed E-state index contributed by atoms with van der Waals surface area (Å²) in [6, 6.07) is 5.54. The zero-order valence-electron chi connectivity index (χ0n) is 7.66. The number of nitrogens with zero attached hydrogens (tertiary/aromatic N) is 1. The van der Waals surface area contributed by atoms with Gasteiger partial charge in [0.2, 0.25) is 0 Å². The van der Waals surface area contributed by atoms with Crippen LogP contribution in [0, 0.1) is 13.8 Å². The maximum Gasteiger partial charge on any atom is 0.0626 e. The largest absolute Gasteiger partial charge is 0.871 e. The molecule has 0 atom stereocenters. The second-order valence-electron chi connectivity index (χ2n) is 3.29. The molecule has 0 N–H and O–H groups in total. The van der Waals surface area contributed by atoms with E-state index in [4.69, 9.17) is 0 Å². The summed E-state index contributed by atoms with van der Waals surface area (Å²) in [5.41, 5.74) is 2.67. The first-order chi connectivity index (χ1) is 6.18. The number of fused-ring (bicyclic) bond motifs is 1. The molecular formula is C11H10NO-. The Hall–Kier alpha value is -1.57. The number of aromatic nitrogens is 1. The first-order valence-corrected chi connectivity index (χ1v) is 4.21. The SMILES string of the molecule is Cc1cc([O-])c2nccc(C)c2c1. The molecular weight excluding hydrogens is 162 g/mol. The van der Waals surface area contributed by atoms with E-state index in [0.717, 1.165) is 16.5 Å². The van der Waals surface area contributed by atoms with Crippen LogP contribution in [0.5, 0.6) is 5.75 Å². The van der Waals surface area contributed by atoms with E-state index in [-0.39, 0.29) is 5.75 Å². The Morgan fingerprint density at radius 3 is 2.77 bits per heavy atom. The quantitative estimate of drug-likeness (QED) is 0.608. The van der Waals surface area contributed by atoms with Gasteiger partial charge in [-0.2, -0.15) is 0 Å². The van der Waals surface area contributed by atoms with Crippen molar-refractivity contribution in [2.24, 2.45) is 0 Å². The highest BCUT2D eigenvalue weighted by Crippen LogP contribution is 2.24. The molecule has 2 rings (SSSR count). The highest BCUT2D eigenvalue weighted by molar-refractivity contribution is 5.87. The molecule has 2 heteroatoms. The minimum absolute atomic E-state index is 0.0127. The van der Waals surface area contributed by atoms with Crippen LogP contribution in [0.25, 0.3) is 10.9 Å². The van der Waals surface area contributed by atoms with Crippen LogP contribution >= 0.6 is 0 Å². The third kappa shape index (κ3) is 1.24. The van der Waals surface area contributed by atoms with Crippen LogP contribution in [0.15, 0.2) is 24.4 Å². The van der Waals surface area contributed by atoms with E-state index in [0.29, 0.717) is 5.52 Å². The van der Waals surface area contributed by atoms with Crippen molar-refractivity contribution in [1.82, 2.24) is 4.98 Å². The van der Waals surface area contributed by atoms with Crippen molar-refractivity contribution in [1.29, 1.82) is 0 Å². The molecule has 0 aliphatic heterocycles. The van der Waals surface area contributed by atoms with Crippen molar-refractivity contribution >= 4 is 10.9 Å². The van der Waals surface area contributed by atoms with Crippen molar-refractivity contribution in [3.8, 4) is 5.75 Å². The number of aryl methyl sites for hydroxylation is 2. The van der Waals surface area contributed by atoms with Gasteiger partial charge in [-0.05, 0) is 31.5 Å². The molecule has 0 amide bonds. The maximum atomic E-state index is 11.5. The molecule has 0 fully saturated rings. The predicted molar refractivity (Wildman–Crippen MR) is 50.7 cm³/mol. The van der Waals surface area contributed by atoms with E-state index in [1.807, 2.05) is 26.0 Å². The van der Waals surface area contributed by atoms with Gasteiger partial charge >= 0.3 is 0 Å². The fourth-order valence-electron chi connectivity index (χ4n) is 1.49. The average molecular weight is 172 g/mol. The Labute approximate surface area is 76.9 Å². The van der Waals surface area contributed by atoms with Crippen LogP contribution in [-0.4, -0.2) is 4.98 Å². The van der Waals surface area contributed by atoms with Gasteiger partial charge in [0.1, 0.15) is 0 Å². The van der Waals surface area contributed by atoms with E-state index in [2.05, 4.69) is 4.98 Å². The number of pyridine rings is 1. The third-order valence-corrected chi connectivity index (χ3v) is 2.17. The van der Waals surface area contributed by atoms with Gasteiger partial charge in [0.05, 0.1) is 5.52 Å². The highest BCUT2D eigenvalue weighted by Gasteiger charge is 1.98. The van der Waals surface area contributed by atoms with Crippen LogP contribution in [0.2, 0.25) is 0 Å². The smallest absolute Gasteiger partial charge is 0.0626 e. The Morgan fingerprint density at radius 1 is 1.23 bits per heavy atom. The molecule has 1 aromatic heterocycles. The fraction of sp³-hybridized carbons (Fsp3) is 0.182. The molecule has 0 radical (unpaired) electrons. The van der Waals surface area contributed by atoms with Crippen molar-refractivity contribution in [2.45, 2.75) is 13.8 Å². The van der Waals surface area contributed by atoms with Crippen LogP contribution in [0.3, 0.4) is 0 Å². The number of benzene rings is 1. The van der Waals surface area contributed by atoms with Gasteiger partial charge in [0.25, 0.3) is 0 Å². The van der Waals surface area contributed by atoms with Crippen LogP contribution in [0.1, 0.15) is 11.1 Å². The van der Waals surface area contributed by atoms with Gasteiger partial charge in [-0.3, -0.25) is 4.98 Å². The Bertz CT molecular complexity index is 463. The van der Waals surface area contributed by atoms with Crippen molar-refractivity contribution in [2.75, 3.05) is 0 Å². The van der Waals surface area contributed by atoms with Gasteiger partial charge in [0, 0.05) is 11.6 Å². The minimum Gasteiger partial charge on any atom is -0.871 e. The Morgan fingerprint density at radius 2 is 2.00 bits per heavy atom. The number of hydrogen-bond acceptors (Lipinski definition) is 2. The van der Waals surface area contributed by atoms with Gasteiger partial charge in [-0.25, -0.2) is 0 Å². The van der Waals surface area contributed by atoms with E-state index in [9.17, 15) is 5.11 Å². The summed E-state index contributed by atoms with van der Waals surface area (Å²) in [5, 5.41) is 12.5. The van der Waals surface area contributed by atoms with E-state index < -0.39 is 0 Å². The fourth-order valence-corrected chi connectivity index (χ4v) is 1.49. The number of hydrogen-bond donors (Lipinski definition) is 0. The lowest BCUT2D eigenvalue weighted by atomic mass is 10.1. The summed E-state index contributed by atoms with van der Waals surface area (Å²) in [6.45, 7) is 3.91. The lowest BCUT2D eigenvalue weighted by Gasteiger charge is -2.11. The van der Waals surface area contributed by atoms with E-state index in [1.54, 1.807) is 12.3 Å². The molecule has 0 saturated carbocycles. The van der Waals surface area contributed by atoms with Crippen molar-refractivity contribution in [3.05, 3.63) is 35.5 Å². The van der Waals surface area contributed by atoms with Crippen molar-refractivity contribution < 1.29 is 5.11 Å². The predicted octanol–water partition coefficient (Wildman–Crippen LogP) is 1.93.